The number of hydrogen-bond donors (Lipinski definition) is 1. The van der Waals surface area contributed by atoms with Crippen molar-refractivity contribution in [3.05, 3.63) is 54.1 Å². The number of morpholine rings is 1. The van der Waals surface area contributed by atoms with E-state index in [4.69, 9.17) is 4.74 Å². The van der Waals surface area contributed by atoms with Gasteiger partial charge in [-0.2, -0.15) is 0 Å². The molecule has 1 aliphatic heterocycles. The van der Waals surface area contributed by atoms with Crippen molar-refractivity contribution in [2.75, 3.05) is 26.3 Å². The van der Waals surface area contributed by atoms with Gasteiger partial charge in [-0.05, 0) is 17.7 Å². The van der Waals surface area contributed by atoms with Crippen molar-refractivity contribution in [3.63, 3.8) is 0 Å². The third-order valence-corrected chi connectivity index (χ3v) is 4.13. The average Bonchev–Trinajstić information content (AvgIpc) is 3.00. The van der Waals surface area contributed by atoms with E-state index in [1.54, 1.807) is 0 Å². The zero-order chi connectivity index (χ0) is 14.8. The van der Waals surface area contributed by atoms with Crippen LogP contribution >= 0.6 is 0 Å². The number of H-pyrrole nitrogens is 1. The van der Waals surface area contributed by atoms with Gasteiger partial charge in [0.1, 0.15) is 5.82 Å². The first-order chi connectivity index (χ1) is 10.9. The lowest BCUT2D eigenvalue weighted by atomic mass is 10.1. The van der Waals surface area contributed by atoms with E-state index in [2.05, 4.69) is 45.2 Å². The molecular weight excluding hydrogens is 274 g/mol. The van der Waals surface area contributed by atoms with Crippen LogP contribution in [0.1, 0.15) is 5.56 Å². The van der Waals surface area contributed by atoms with Gasteiger partial charge in [0, 0.05) is 25.2 Å². The molecule has 4 heteroatoms. The molecule has 4 rings (SSSR count). The topological polar surface area (TPSA) is 41.2 Å². The van der Waals surface area contributed by atoms with Crippen LogP contribution in [0.25, 0.3) is 22.4 Å². The Labute approximate surface area is 129 Å². The first-order valence-electron chi connectivity index (χ1n) is 7.73. The molecule has 2 aromatic carbocycles. The maximum atomic E-state index is 5.39. The molecule has 3 aromatic rings. The van der Waals surface area contributed by atoms with Crippen molar-refractivity contribution in [2.45, 2.75) is 6.54 Å². The first-order valence-corrected chi connectivity index (χ1v) is 7.73. The second kappa shape index (κ2) is 5.91. The summed E-state index contributed by atoms with van der Waals surface area (Å²) >= 11 is 0. The van der Waals surface area contributed by atoms with Crippen LogP contribution in [0.4, 0.5) is 0 Å². The molecule has 1 N–H and O–H groups in total. The second-order valence-corrected chi connectivity index (χ2v) is 5.69. The Kier molecular flexibility index (Phi) is 3.62. The normalized spacial score (nSPS) is 16.2. The van der Waals surface area contributed by atoms with Gasteiger partial charge in [-0.25, -0.2) is 4.98 Å². The fourth-order valence-corrected chi connectivity index (χ4v) is 2.88. The predicted molar refractivity (Wildman–Crippen MR) is 87.6 cm³/mol. The van der Waals surface area contributed by atoms with Gasteiger partial charge in [-0.3, -0.25) is 4.90 Å². The predicted octanol–water partition coefficient (Wildman–Crippen LogP) is 3.06. The van der Waals surface area contributed by atoms with Crippen molar-refractivity contribution in [1.82, 2.24) is 14.9 Å². The highest BCUT2D eigenvalue weighted by Crippen LogP contribution is 2.21. The number of rotatable bonds is 3. The van der Waals surface area contributed by atoms with Crippen LogP contribution in [0.2, 0.25) is 0 Å². The number of nitrogens with zero attached hydrogens (tertiary/aromatic N) is 2. The lowest BCUT2D eigenvalue weighted by molar-refractivity contribution is 0.0342. The van der Waals surface area contributed by atoms with E-state index >= 15 is 0 Å². The number of fused-ring (bicyclic) bond motifs is 1. The number of benzene rings is 2. The fourth-order valence-electron chi connectivity index (χ4n) is 2.88. The smallest absolute Gasteiger partial charge is 0.138 e. The maximum Gasteiger partial charge on any atom is 0.138 e. The van der Waals surface area contributed by atoms with E-state index in [1.807, 2.05) is 18.2 Å². The summed E-state index contributed by atoms with van der Waals surface area (Å²) in [6, 6.07) is 16.8. The van der Waals surface area contributed by atoms with Gasteiger partial charge in [-0.15, -0.1) is 0 Å². The molecule has 4 nitrogen and oxygen atoms in total. The van der Waals surface area contributed by atoms with Crippen LogP contribution < -0.4 is 0 Å². The molecule has 2 heterocycles. The van der Waals surface area contributed by atoms with Gasteiger partial charge in [-0.1, -0.05) is 36.4 Å². The fraction of sp³-hybridized carbons (Fsp3) is 0.278. The minimum Gasteiger partial charge on any atom is -0.379 e. The van der Waals surface area contributed by atoms with Crippen molar-refractivity contribution in [2.24, 2.45) is 0 Å². The van der Waals surface area contributed by atoms with Crippen LogP contribution in [-0.2, 0) is 11.3 Å². The minimum absolute atomic E-state index is 0.844. The van der Waals surface area contributed by atoms with Gasteiger partial charge < -0.3 is 9.72 Å². The summed E-state index contributed by atoms with van der Waals surface area (Å²) in [5, 5.41) is 0. The van der Waals surface area contributed by atoms with Crippen molar-refractivity contribution in [3.8, 4) is 11.4 Å². The summed E-state index contributed by atoms with van der Waals surface area (Å²) in [6.45, 7) is 4.72. The zero-order valence-corrected chi connectivity index (χ0v) is 12.5. The quantitative estimate of drug-likeness (QED) is 0.807. The SMILES string of the molecule is c1ccc2[nH]c(-c3ccc(CN4CCOCC4)cc3)nc2c1. The van der Waals surface area contributed by atoms with Crippen LogP contribution in [0.15, 0.2) is 48.5 Å². The molecule has 0 spiro atoms. The molecule has 0 aliphatic carbocycles. The molecular formula is C18H19N3O. The first kappa shape index (κ1) is 13.5. The molecule has 0 amide bonds. The van der Waals surface area contributed by atoms with Crippen molar-refractivity contribution in [1.29, 1.82) is 0 Å². The molecule has 1 saturated heterocycles. The Morgan fingerprint density at radius 2 is 1.77 bits per heavy atom. The van der Waals surface area contributed by atoms with Crippen LogP contribution in [0.5, 0.6) is 0 Å². The van der Waals surface area contributed by atoms with Crippen LogP contribution in [-0.4, -0.2) is 41.2 Å². The minimum atomic E-state index is 0.844. The Bertz CT molecular complexity index is 724. The van der Waals surface area contributed by atoms with E-state index in [9.17, 15) is 0 Å². The number of aromatic nitrogens is 2. The third kappa shape index (κ3) is 2.75. The highest BCUT2D eigenvalue weighted by atomic mass is 16.5. The monoisotopic (exact) mass is 293 g/mol. The van der Waals surface area contributed by atoms with Crippen molar-refractivity contribution < 1.29 is 4.74 Å². The maximum absolute atomic E-state index is 5.39. The third-order valence-electron chi connectivity index (χ3n) is 4.13. The molecule has 112 valence electrons. The molecule has 0 saturated carbocycles. The Balaban J connectivity index is 1.53. The summed E-state index contributed by atoms with van der Waals surface area (Å²) in [4.78, 5) is 10.5. The summed E-state index contributed by atoms with van der Waals surface area (Å²) in [5.41, 5.74) is 4.55. The standard InChI is InChI=1S/C18H19N3O/c1-2-4-17-16(3-1)19-18(20-17)15-7-5-14(6-8-15)13-21-9-11-22-12-10-21/h1-8H,9-13H2,(H,19,20). The van der Waals surface area contributed by atoms with Gasteiger partial charge in [0.25, 0.3) is 0 Å². The molecule has 0 bridgehead atoms. The second-order valence-electron chi connectivity index (χ2n) is 5.69. The molecule has 1 fully saturated rings. The summed E-state index contributed by atoms with van der Waals surface area (Å²) in [6.07, 6.45) is 0. The van der Waals surface area contributed by atoms with E-state index in [0.29, 0.717) is 0 Å². The number of hydrogen-bond acceptors (Lipinski definition) is 3. The summed E-state index contributed by atoms with van der Waals surface area (Å²) < 4.78 is 5.39. The summed E-state index contributed by atoms with van der Waals surface area (Å²) in [5.74, 6) is 0.930. The van der Waals surface area contributed by atoms with Gasteiger partial charge in [0.2, 0.25) is 0 Å². The Morgan fingerprint density at radius 1 is 1.00 bits per heavy atom. The van der Waals surface area contributed by atoms with E-state index in [0.717, 1.165) is 55.3 Å². The molecule has 1 aromatic heterocycles. The molecule has 22 heavy (non-hydrogen) atoms. The van der Waals surface area contributed by atoms with Gasteiger partial charge in [0.05, 0.1) is 24.2 Å². The number of para-hydroxylation sites is 2. The Morgan fingerprint density at radius 3 is 2.55 bits per heavy atom. The molecule has 0 unspecified atom stereocenters. The van der Waals surface area contributed by atoms with Gasteiger partial charge >= 0.3 is 0 Å². The van der Waals surface area contributed by atoms with Gasteiger partial charge in [0.15, 0.2) is 0 Å². The largest absolute Gasteiger partial charge is 0.379 e. The van der Waals surface area contributed by atoms with E-state index in [1.165, 1.54) is 5.56 Å². The number of ether oxygens (including phenoxy) is 1. The molecule has 1 aliphatic rings. The zero-order valence-electron chi connectivity index (χ0n) is 12.5. The lowest BCUT2D eigenvalue weighted by Crippen LogP contribution is -2.35. The number of imidazole rings is 1. The number of nitrogens with one attached hydrogen (secondary N) is 1. The average molecular weight is 293 g/mol. The lowest BCUT2D eigenvalue weighted by Gasteiger charge is -2.26. The number of aromatic amines is 1. The van der Waals surface area contributed by atoms with Crippen LogP contribution in [0.3, 0.4) is 0 Å². The highest BCUT2D eigenvalue weighted by molar-refractivity contribution is 5.79. The summed E-state index contributed by atoms with van der Waals surface area (Å²) in [7, 11) is 0. The molecule has 0 radical (unpaired) electrons. The highest BCUT2D eigenvalue weighted by Gasteiger charge is 2.11. The van der Waals surface area contributed by atoms with Crippen LogP contribution in [0, 0.1) is 0 Å². The van der Waals surface area contributed by atoms with E-state index < -0.39 is 0 Å². The Hall–Kier alpha value is -2.17. The molecule has 0 atom stereocenters. The van der Waals surface area contributed by atoms with E-state index in [-0.39, 0.29) is 0 Å². The van der Waals surface area contributed by atoms with Crippen molar-refractivity contribution >= 4 is 11.0 Å².